The highest BCUT2D eigenvalue weighted by atomic mass is 32.2. The second-order valence-electron chi connectivity index (χ2n) is 6.21. The predicted octanol–water partition coefficient (Wildman–Crippen LogP) is 0.317. The summed E-state index contributed by atoms with van der Waals surface area (Å²) in [5.41, 5.74) is 4.34. The average molecular weight is 262 g/mol. The Balaban J connectivity index is 1.80. The lowest BCUT2D eigenvalue weighted by atomic mass is 9.69. The van der Waals surface area contributed by atoms with Gasteiger partial charge in [0.15, 0.2) is 0 Å². The minimum Gasteiger partial charge on any atom is -0.315 e. The van der Waals surface area contributed by atoms with Gasteiger partial charge < -0.3 is 5.32 Å². The number of hydrogen-bond acceptors (Lipinski definition) is 3. The Kier molecular flexibility index (Phi) is 1.33. The third-order valence-electron chi connectivity index (χ3n) is 5.56. The number of piperidine rings is 1. The number of hydrogen-bond donors (Lipinski definition) is 1. The summed E-state index contributed by atoms with van der Waals surface area (Å²) < 4.78 is 25.8. The molecule has 0 amide bonds. The highest BCUT2D eigenvalue weighted by Gasteiger charge is 2.79. The van der Waals surface area contributed by atoms with Crippen molar-refractivity contribution in [3.05, 3.63) is 28.8 Å². The van der Waals surface area contributed by atoms with Crippen LogP contribution in [0.15, 0.2) is 17.0 Å². The molecule has 2 atom stereocenters. The highest BCUT2D eigenvalue weighted by Crippen LogP contribution is 2.77. The van der Waals surface area contributed by atoms with E-state index in [4.69, 9.17) is 0 Å². The average Bonchev–Trinajstić information content (AvgIpc) is 2.66. The Morgan fingerprint density at radius 3 is 2.61 bits per heavy atom. The lowest BCUT2D eigenvalue weighted by molar-refractivity contribution is 0.488. The van der Waals surface area contributed by atoms with E-state index in [2.05, 4.69) is 11.4 Å². The summed E-state index contributed by atoms with van der Waals surface area (Å²) >= 11 is 0. The zero-order chi connectivity index (χ0) is 12.3. The minimum atomic E-state index is -3.22. The van der Waals surface area contributed by atoms with Crippen LogP contribution in [0, 0.1) is 0 Å². The first-order valence-corrected chi connectivity index (χ1v) is 7.80. The van der Waals surface area contributed by atoms with Gasteiger partial charge in [-0.25, -0.2) is 8.42 Å². The van der Waals surface area contributed by atoms with Crippen molar-refractivity contribution in [1.29, 1.82) is 0 Å². The van der Waals surface area contributed by atoms with E-state index in [1.54, 1.807) is 7.05 Å². The lowest BCUT2D eigenvalue weighted by Gasteiger charge is -2.33. The Morgan fingerprint density at radius 1 is 1.22 bits per heavy atom. The van der Waals surface area contributed by atoms with Crippen LogP contribution in [0.3, 0.4) is 0 Å². The molecule has 0 aromatic heterocycles. The summed E-state index contributed by atoms with van der Waals surface area (Å²) in [4.78, 5) is 0.547. The fourth-order valence-electron chi connectivity index (χ4n) is 4.53. The van der Waals surface area contributed by atoms with Crippen molar-refractivity contribution in [2.24, 2.45) is 0 Å². The van der Waals surface area contributed by atoms with Crippen LogP contribution in [-0.2, 0) is 27.4 Å². The highest BCUT2D eigenvalue weighted by molar-refractivity contribution is 7.89. The first-order valence-electron chi connectivity index (χ1n) is 6.36. The van der Waals surface area contributed by atoms with E-state index in [1.807, 2.05) is 6.07 Å². The number of fused-ring (bicyclic) bond motifs is 2. The van der Waals surface area contributed by atoms with Crippen molar-refractivity contribution in [3.8, 4) is 0 Å². The summed E-state index contributed by atoms with van der Waals surface area (Å²) in [6.07, 6.45) is 1.22. The van der Waals surface area contributed by atoms with E-state index in [-0.39, 0.29) is 5.41 Å². The van der Waals surface area contributed by atoms with Crippen molar-refractivity contribution >= 4 is 10.0 Å². The van der Waals surface area contributed by atoms with Crippen molar-refractivity contribution in [1.82, 2.24) is 9.62 Å². The Bertz CT molecular complexity index is 727. The van der Waals surface area contributed by atoms with Gasteiger partial charge in [-0.2, -0.15) is 4.31 Å². The molecule has 1 aromatic carbocycles. The zero-order valence-electron chi connectivity index (χ0n) is 10.2. The lowest BCUT2D eigenvalue weighted by Crippen LogP contribution is -2.33. The monoisotopic (exact) mass is 262 g/mol. The minimum absolute atomic E-state index is 0.286. The molecule has 4 nitrogen and oxygen atoms in total. The van der Waals surface area contributed by atoms with Gasteiger partial charge >= 0.3 is 0 Å². The van der Waals surface area contributed by atoms with E-state index in [9.17, 15) is 8.42 Å². The fraction of sp³-hybridized carbons (Fsp3) is 0.538. The van der Waals surface area contributed by atoms with Crippen LogP contribution < -0.4 is 5.32 Å². The van der Waals surface area contributed by atoms with Gasteiger partial charge in [0.1, 0.15) is 0 Å². The van der Waals surface area contributed by atoms with Gasteiger partial charge in [0, 0.05) is 37.5 Å². The Morgan fingerprint density at radius 2 is 1.89 bits per heavy atom. The van der Waals surface area contributed by atoms with Gasteiger partial charge in [-0.3, -0.25) is 0 Å². The van der Waals surface area contributed by atoms with Crippen LogP contribution in [0.4, 0.5) is 0 Å². The van der Waals surface area contributed by atoms with Gasteiger partial charge in [-0.1, -0.05) is 6.07 Å². The van der Waals surface area contributed by atoms with Gasteiger partial charge in [-0.15, -0.1) is 0 Å². The molecular formula is C13H14N2O2S. The molecular weight excluding hydrogens is 248 g/mol. The normalized spacial score (nSPS) is 41.6. The van der Waals surface area contributed by atoms with Crippen LogP contribution in [0.2, 0.25) is 0 Å². The van der Waals surface area contributed by atoms with Gasteiger partial charge in [-0.05, 0) is 29.2 Å². The maximum Gasteiger partial charge on any atom is 0.243 e. The molecule has 1 saturated carbocycles. The largest absolute Gasteiger partial charge is 0.315 e. The quantitative estimate of drug-likeness (QED) is 0.732. The number of nitrogens with one attached hydrogen (secondary N) is 1. The number of nitrogens with zero attached hydrogens (tertiary/aromatic N) is 1. The maximum atomic E-state index is 12.2. The second-order valence-corrected chi connectivity index (χ2v) is 8.22. The predicted molar refractivity (Wildman–Crippen MR) is 65.9 cm³/mol. The zero-order valence-corrected chi connectivity index (χ0v) is 11.0. The van der Waals surface area contributed by atoms with Crippen molar-refractivity contribution in [2.75, 3.05) is 20.1 Å². The van der Waals surface area contributed by atoms with E-state index < -0.39 is 10.0 Å². The molecule has 94 valence electrons. The molecule has 2 fully saturated rings. The standard InChI is InChI=1S/C13H14N2O2S/c1-15-4-8-2-9-10(3-11(8)18(15,16)17)13-5-12(9,13)6-14-7-13/h2-3,14H,4-7H2,1H3. The van der Waals surface area contributed by atoms with Crippen LogP contribution >= 0.6 is 0 Å². The van der Waals surface area contributed by atoms with Crippen molar-refractivity contribution < 1.29 is 8.42 Å². The fourth-order valence-corrected chi connectivity index (χ4v) is 5.90. The molecule has 0 spiro atoms. The smallest absolute Gasteiger partial charge is 0.243 e. The maximum absolute atomic E-state index is 12.2. The van der Waals surface area contributed by atoms with E-state index in [0.29, 0.717) is 16.9 Å². The first-order chi connectivity index (χ1) is 8.51. The molecule has 4 aliphatic rings. The molecule has 1 N–H and O–H groups in total. The molecule has 0 bridgehead atoms. The van der Waals surface area contributed by atoms with Crippen LogP contribution in [0.5, 0.6) is 0 Å². The van der Waals surface area contributed by atoms with Gasteiger partial charge in [0.2, 0.25) is 10.0 Å². The summed E-state index contributed by atoms with van der Waals surface area (Å²) in [6.45, 7) is 2.62. The molecule has 2 heterocycles. The van der Waals surface area contributed by atoms with Crippen molar-refractivity contribution in [2.45, 2.75) is 28.7 Å². The SMILES string of the molecule is CN1Cc2cc3c(cc2S1(=O)=O)C12CNCC31C2. The number of rotatable bonds is 0. The van der Waals surface area contributed by atoms with Gasteiger partial charge in [0.25, 0.3) is 0 Å². The molecule has 2 unspecified atom stereocenters. The molecule has 5 heteroatoms. The van der Waals surface area contributed by atoms with Crippen molar-refractivity contribution in [3.63, 3.8) is 0 Å². The van der Waals surface area contributed by atoms with Gasteiger partial charge in [0.05, 0.1) is 4.90 Å². The van der Waals surface area contributed by atoms with Crippen LogP contribution in [0.25, 0.3) is 0 Å². The molecule has 2 aliphatic heterocycles. The summed E-state index contributed by atoms with van der Waals surface area (Å²) in [6, 6.07) is 4.12. The van der Waals surface area contributed by atoms with E-state index in [0.717, 1.165) is 18.7 Å². The first kappa shape index (κ1) is 9.95. The Hall–Kier alpha value is -0.910. The topological polar surface area (TPSA) is 49.4 Å². The third kappa shape index (κ3) is 0.729. The number of benzene rings is 1. The molecule has 18 heavy (non-hydrogen) atoms. The third-order valence-corrected chi connectivity index (χ3v) is 7.45. The molecule has 1 aromatic rings. The second kappa shape index (κ2) is 2.40. The van der Waals surface area contributed by atoms with E-state index in [1.165, 1.54) is 21.9 Å². The van der Waals surface area contributed by atoms with Crippen LogP contribution in [-0.4, -0.2) is 32.9 Å². The molecule has 2 aliphatic carbocycles. The Labute approximate surface area is 106 Å². The summed E-state index contributed by atoms with van der Waals surface area (Å²) in [5, 5.41) is 3.46. The molecule has 5 rings (SSSR count). The molecule has 1 saturated heterocycles. The molecule has 0 radical (unpaired) electrons. The van der Waals surface area contributed by atoms with Crippen LogP contribution in [0.1, 0.15) is 23.1 Å². The summed E-state index contributed by atoms with van der Waals surface area (Å²) in [7, 11) is -1.56. The van der Waals surface area contributed by atoms with E-state index >= 15 is 0 Å². The summed E-state index contributed by atoms with van der Waals surface area (Å²) in [5.74, 6) is 0. The number of sulfonamides is 1.